The maximum atomic E-state index is 11.4. The Labute approximate surface area is 162 Å². The van der Waals surface area contributed by atoms with Gasteiger partial charge in [0.15, 0.2) is 0 Å². The van der Waals surface area contributed by atoms with E-state index in [2.05, 4.69) is 47.1 Å². The number of amides is 1. The van der Waals surface area contributed by atoms with Gasteiger partial charge in [-0.25, -0.2) is 9.59 Å². The molecule has 0 saturated carbocycles. The second kappa shape index (κ2) is 9.47. The van der Waals surface area contributed by atoms with Gasteiger partial charge in [-0.15, -0.1) is 0 Å². The third kappa shape index (κ3) is 9.16. The zero-order valence-corrected chi connectivity index (χ0v) is 17.0. The molecule has 0 saturated heterocycles. The van der Waals surface area contributed by atoms with Crippen molar-refractivity contribution < 1.29 is 19.4 Å². The molecule has 2 aromatic heterocycles. The van der Waals surface area contributed by atoms with Crippen LogP contribution in [-0.2, 0) is 4.74 Å². The van der Waals surface area contributed by atoms with Gasteiger partial charge in [-0.2, -0.15) is 0 Å². The average molecular weight is 475 g/mol. The van der Waals surface area contributed by atoms with Crippen LogP contribution in [-0.4, -0.2) is 32.7 Å². The summed E-state index contributed by atoms with van der Waals surface area (Å²) in [4.78, 5) is 29.2. The molecular weight excluding hydrogens is 458 g/mol. The number of nitrogens with one attached hydrogen (secondary N) is 1. The maximum Gasteiger partial charge on any atom is 0.412 e. The zero-order valence-electron chi connectivity index (χ0n) is 13.8. The van der Waals surface area contributed by atoms with Crippen molar-refractivity contribution in [2.45, 2.75) is 26.4 Å². The Morgan fingerprint density at radius 2 is 1.60 bits per heavy atom. The molecule has 7 nitrogen and oxygen atoms in total. The summed E-state index contributed by atoms with van der Waals surface area (Å²) in [6.07, 6.45) is 5.54. The average Bonchev–Trinajstić information content (AvgIpc) is 2.45. The van der Waals surface area contributed by atoms with E-state index in [0.717, 1.165) is 4.47 Å². The quantitative estimate of drug-likeness (QED) is 0.652. The first-order valence-electron chi connectivity index (χ1n) is 7.01. The number of nitrogens with zero attached hydrogens (tertiary/aromatic N) is 2. The van der Waals surface area contributed by atoms with Crippen LogP contribution in [0.15, 0.2) is 45.9 Å². The Bertz CT molecular complexity index is 748. The summed E-state index contributed by atoms with van der Waals surface area (Å²) in [5.41, 5.74) is 0.289. The maximum absolute atomic E-state index is 11.4. The van der Waals surface area contributed by atoms with Gasteiger partial charge in [-0.3, -0.25) is 15.3 Å². The van der Waals surface area contributed by atoms with E-state index in [-0.39, 0.29) is 5.56 Å². The second-order valence-electron chi connectivity index (χ2n) is 5.72. The van der Waals surface area contributed by atoms with Crippen LogP contribution in [0.3, 0.4) is 0 Å². The summed E-state index contributed by atoms with van der Waals surface area (Å²) in [5, 5.41) is 11.0. The van der Waals surface area contributed by atoms with Crippen molar-refractivity contribution in [2.75, 3.05) is 5.32 Å². The van der Waals surface area contributed by atoms with Gasteiger partial charge in [0.2, 0.25) is 0 Å². The molecule has 0 bridgehead atoms. The third-order valence-corrected chi connectivity index (χ3v) is 3.17. The number of carbonyl (C=O) groups is 2. The summed E-state index contributed by atoms with van der Waals surface area (Å²) >= 11 is 6.36. The van der Waals surface area contributed by atoms with Gasteiger partial charge in [-0.1, -0.05) is 0 Å². The van der Waals surface area contributed by atoms with Crippen LogP contribution in [0.2, 0.25) is 0 Å². The fraction of sp³-hybridized carbons (Fsp3) is 0.250. The number of carboxylic acid groups (broad SMARTS) is 1. The molecule has 2 rings (SSSR count). The van der Waals surface area contributed by atoms with Gasteiger partial charge in [0.05, 0.1) is 17.4 Å². The van der Waals surface area contributed by atoms with E-state index >= 15 is 0 Å². The normalized spacial score (nSPS) is 10.3. The van der Waals surface area contributed by atoms with Crippen LogP contribution in [0, 0.1) is 0 Å². The van der Waals surface area contributed by atoms with Gasteiger partial charge in [0.25, 0.3) is 0 Å². The van der Waals surface area contributed by atoms with Crippen molar-refractivity contribution in [3.63, 3.8) is 0 Å². The van der Waals surface area contributed by atoms with Crippen molar-refractivity contribution in [3.8, 4) is 0 Å². The number of halogens is 2. The van der Waals surface area contributed by atoms with Gasteiger partial charge in [-0.05, 0) is 64.8 Å². The first-order chi connectivity index (χ1) is 11.6. The number of anilines is 1. The van der Waals surface area contributed by atoms with Gasteiger partial charge in [0.1, 0.15) is 5.60 Å². The highest BCUT2D eigenvalue weighted by Gasteiger charge is 2.16. The molecule has 0 radical (unpaired) electrons. The lowest BCUT2D eigenvalue weighted by molar-refractivity contribution is 0.0634. The standard InChI is InChI=1S/C10H13BrN2O2.C6H4BrNO2/c1-10(2,3)15-9(14)13-8-4-7(11)5-12-6-8;7-5-1-4(6(9)10)2-8-3-5/h4-6H,1-3H3,(H,13,14);1-3H,(H,9,10). The van der Waals surface area contributed by atoms with E-state index in [0.29, 0.717) is 10.2 Å². The lowest BCUT2D eigenvalue weighted by Gasteiger charge is -2.19. The number of pyridine rings is 2. The first kappa shape index (κ1) is 21.0. The molecule has 0 spiro atoms. The van der Waals surface area contributed by atoms with Crippen LogP contribution in [0.5, 0.6) is 0 Å². The molecule has 0 aliphatic rings. The Balaban J connectivity index is 0.000000271. The smallest absolute Gasteiger partial charge is 0.412 e. The minimum Gasteiger partial charge on any atom is -0.478 e. The summed E-state index contributed by atoms with van der Waals surface area (Å²) in [5.74, 6) is -0.964. The molecule has 1 amide bonds. The van der Waals surface area contributed by atoms with Gasteiger partial charge in [0, 0.05) is 27.5 Å². The largest absolute Gasteiger partial charge is 0.478 e. The number of hydrogen-bond acceptors (Lipinski definition) is 5. The molecular formula is C16H17Br2N3O4. The topological polar surface area (TPSA) is 101 Å². The Hall–Kier alpha value is -2.00. The molecule has 2 aromatic rings. The van der Waals surface area contributed by atoms with Crippen LogP contribution in [0.1, 0.15) is 31.1 Å². The monoisotopic (exact) mass is 473 g/mol. The van der Waals surface area contributed by atoms with Gasteiger partial charge >= 0.3 is 12.1 Å². The predicted molar refractivity (Wildman–Crippen MR) is 101 cm³/mol. The van der Waals surface area contributed by atoms with Crippen molar-refractivity contribution >= 4 is 49.6 Å². The molecule has 0 fully saturated rings. The summed E-state index contributed by atoms with van der Waals surface area (Å²) in [7, 11) is 0. The number of carbonyl (C=O) groups excluding carboxylic acids is 1. The number of aromatic carboxylic acids is 1. The highest BCUT2D eigenvalue weighted by atomic mass is 79.9. The fourth-order valence-corrected chi connectivity index (χ4v) is 2.16. The highest BCUT2D eigenvalue weighted by molar-refractivity contribution is 9.10. The SMILES string of the molecule is CC(C)(C)OC(=O)Nc1cncc(Br)c1.O=C(O)c1cncc(Br)c1. The van der Waals surface area contributed by atoms with E-state index in [4.69, 9.17) is 9.84 Å². The highest BCUT2D eigenvalue weighted by Crippen LogP contribution is 2.15. The van der Waals surface area contributed by atoms with E-state index in [1.807, 2.05) is 20.8 Å². The van der Waals surface area contributed by atoms with Gasteiger partial charge < -0.3 is 9.84 Å². The predicted octanol–water partition coefficient (Wildman–Crippen LogP) is 4.73. The third-order valence-electron chi connectivity index (χ3n) is 2.30. The van der Waals surface area contributed by atoms with Crippen molar-refractivity contribution in [1.29, 1.82) is 0 Å². The van der Waals surface area contributed by atoms with Crippen molar-refractivity contribution in [1.82, 2.24) is 9.97 Å². The van der Waals surface area contributed by atoms with E-state index in [1.165, 1.54) is 18.5 Å². The van der Waals surface area contributed by atoms with Crippen LogP contribution >= 0.6 is 31.9 Å². The molecule has 2 heterocycles. The fourth-order valence-electron chi connectivity index (χ4n) is 1.43. The Kier molecular flexibility index (Phi) is 7.98. The van der Waals surface area contributed by atoms with Crippen molar-refractivity contribution in [3.05, 3.63) is 51.4 Å². The number of ether oxygens (including phenoxy) is 1. The molecule has 9 heteroatoms. The number of hydrogen-bond donors (Lipinski definition) is 2. The minimum atomic E-state index is -0.964. The summed E-state index contributed by atoms with van der Waals surface area (Å²) < 4.78 is 6.56. The van der Waals surface area contributed by atoms with Crippen LogP contribution in [0.4, 0.5) is 10.5 Å². The number of aromatic nitrogens is 2. The lowest BCUT2D eigenvalue weighted by Crippen LogP contribution is -2.27. The summed E-state index contributed by atoms with van der Waals surface area (Å²) in [6, 6.07) is 3.24. The minimum absolute atomic E-state index is 0.189. The molecule has 0 aliphatic carbocycles. The Morgan fingerprint density at radius 1 is 1.04 bits per heavy atom. The van der Waals surface area contributed by atoms with E-state index < -0.39 is 17.7 Å². The molecule has 134 valence electrons. The summed E-state index contributed by atoms with van der Waals surface area (Å²) in [6.45, 7) is 5.43. The first-order valence-corrected chi connectivity index (χ1v) is 8.60. The number of rotatable bonds is 2. The van der Waals surface area contributed by atoms with E-state index in [1.54, 1.807) is 18.5 Å². The second-order valence-corrected chi connectivity index (χ2v) is 7.55. The zero-order chi connectivity index (χ0) is 19.0. The lowest BCUT2D eigenvalue weighted by atomic mass is 10.2. The molecule has 2 N–H and O–H groups in total. The van der Waals surface area contributed by atoms with Crippen LogP contribution < -0.4 is 5.32 Å². The number of carboxylic acids is 1. The molecule has 0 aliphatic heterocycles. The molecule has 0 unspecified atom stereocenters. The van der Waals surface area contributed by atoms with Crippen LogP contribution in [0.25, 0.3) is 0 Å². The van der Waals surface area contributed by atoms with Crippen molar-refractivity contribution in [2.24, 2.45) is 0 Å². The van der Waals surface area contributed by atoms with E-state index in [9.17, 15) is 9.59 Å². The molecule has 25 heavy (non-hydrogen) atoms. The molecule has 0 aromatic carbocycles. The Morgan fingerprint density at radius 3 is 2.04 bits per heavy atom. The molecule has 0 atom stereocenters.